The van der Waals surface area contributed by atoms with Gasteiger partial charge in [0, 0.05) is 44.5 Å². The highest BCUT2D eigenvalue weighted by Gasteiger charge is 2.26. The van der Waals surface area contributed by atoms with Crippen molar-refractivity contribution in [1.82, 2.24) is 15.1 Å². The van der Waals surface area contributed by atoms with Crippen LogP contribution in [0.3, 0.4) is 0 Å². The second-order valence-electron chi connectivity index (χ2n) is 5.58. The number of rotatable bonds is 3. The number of nitrogens with zero attached hydrogens (tertiary/aromatic N) is 3. The van der Waals surface area contributed by atoms with Crippen LogP contribution in [0.25, 0.3) is 0 Å². The van der Waals surface area contributed by atoms with Gasteiger partial charge in [-0.3, -0.25) is 4.68 Å². The Kier molecular flexibility index (Phi) is 3.72. The van der Waals surface area contributed by atoms with Crippen LogP contribution in [-0.2, 0) is 7.05 Å². The van der Waals surface area contributed by atoms with Crippen LogP contribution in [0.2, 0.25) is 0 Å². The molecule has 0 bridgehead atoms. The number of hydrogen-bond donors (Lipinski definition) is 1. The van der Waals surface area contributed by atoms with E-state index in [1.807, 2.05) is 17.9 Å². The summed E-state index contributed by atoms with van der Waals surface area (Å²) in [6.07, 6.45) is 3.25. The van der Waals surface area contributed by atoms with Gasteiger partial charge in [0.15, 0.2) is 5.82 Å². The first-order valence-corrected chi connectivity index (χ1v) is 6.56. The van der Waals surface area contributed by atoms with E-state index in [2.05, 4.69) is 42.2 Å². The molecule has 2 heterocycles. The second kappa shape index (κ2) is 5.08. The SMILES string of the molecule is CC(C)CC1CN(c2ccn(C)n2)C(C)CN1. The number of hydrogen-bond acceptors (Lipinski definition) is 3. The highest BCUT2D eigenvalue weighted by molar-refractivity contribution is 5.39. The van der Waals surface area contributed by atoms with E-state index < -0.39 is 0 Å². The molecule has 1 aromatic rings. The Bertz CT molecular complexity index is 358. The third kappa shape index (κ3) is 3.00. The van der Waals surface area contributed by atoms with Gasteiger partial charge < -0.3 is 10.2 Å². The number of anilines is 1. The van der Waals surface area contributed by atoms with Crippen LogP contribution in [0.5, 0.6) is 0 Å². The minimum Gasteiger partial charge on any atom is -0.350 e. The van der Waals surface area contributed by atoms with Gasteiger partial charge in [0.05, 0.1) is 0 Å². The van der Waals surface area contributed by atoms with Crippen LogP contribution < -0.4 is 10.2 Å². The maximum absolute atomic E-state index is 4.51. The number of aryl methyl sites for hydroxylation is 1. The monoisotopic (exact) mass is 236 g/mol. The molecule has 0 amide bonds. The molecular weight excluding hydrogens is 212 g/mol. The third-order valence-corrected chi connectivity index (χ3v) is 3.40. The van der Waals surface area contributed by atoms with Crippen molar-refractivity contribution in [2.45, 2.75) is 39.3 Å². The van der Waals surface area contributed by atoms with Crippen molar-refractivity contribution < 1.29 is 0 Å². The maximum Gasteiger partial charge on any atom is 0.150 e. The average Bonchev–Trinajstić information content (AvgIpc) is 2.67. The van der Waals surface area contributed by atoms with E-state index >= 15 is 0 Å². The molecule has 2 rings (SSSR count). The Morgan fingerprint density at radius 3 is 2.88 bits per heavy atom. The van der Waals surface area contributed by atoms with Crippen molar-refractivity contribution in [2.75, 3.05) is 18.0 Å². The summed E-state index contributed by atoms with van der Waals surface area (Å²) in [6.45, 7) is 8.94. The van der Waals surface area contributed by atoms with E-state index in [0.29, 0.717) is 12.1 Å². The van der Waals surface area contributed by atoms with E-state index in [0.717, 1.165) is 24.8 Å². The molecule has 1 aromatic heterocycles. The summed E-state index contributed by atoms with van der Waals surface area (Å²) in [6, 6.07) is 3.22. The van der Waals surface area contributed by atoms with Crippen LogP contribution in [0.1, 0.15) is 27.2 Å². The molecule has 1 fully saturated rings. The zero-order valence-electron chi connectivity index (χ0n) is 11.3. The molecule has 0 spiro atoms. The lowest BCUT2D eigenvalue weighted by Crippen LogP contribution is -2.56. The molecule has 0 aromatic carbocycles. The molecule has 1 aliphatic heterocycles. The summed E-state index contributed by atoms with van der Waals surface area (Å²) in [5.41, 5.74) is 0. The fraction of sp³-hybridized carbons (Fsp3) is 0.769. The Hall–Kier alpha value is -1.03. The van der Waals surface area contributed by atoms with Gasteiger partial charge in [0.2, 0.25) is 0 Å². The topological polar surface area (TPSA) is 33.1 Å². The lowest BCUT2D eigenvalue weighted by atomic mass is 10.0. The minimum absolute atomic E-state index is 0.522. The van der Waals surface area contributed by atoms with Crippen LogP contribution in [0, 0.1) is 5.92 Å². The fourth-order valence-electron chi connectivity index (χ4n) is 2.53. The van der Waals surface area contributed by atoms with Gasteiger partial charge in [-0.05, 0) is 19.3 Å². The molecule has 4 nitrogen and oxygen atoms in total. The highest BCUT2D eigenvalue weighted by atomic mass is 15.4. The lowest BCUT2D eigenvalue weighted by Gasteiger charge is -2.39. The van der Waals surface area contributed by atoms with Gasteiger partial charge in [0.25, 0.3) is 0 Å². The van der Waals surface area contributed by atoms with E-state index in [1.54, 1.807) is 0 Å². The van der Waals surface area contributed by atoms with Gasteiger partial charge in [-0.15, -0.1) is 0 Å². The molecule has 0 radical (unpaired) electrons. The Morgan fingerprint density at radius 2 is 2.29 bits per heavy atom. The smallest absolute Gasteiger partial charge is 0.150 e. The van der Waals surface area contributed by atoms with E-state index in [-0.39, 0.29) is 0 Å². The van der Waals surface area contributed by atoms with Crippen LogP contribution >= 0.6 is 0 Å². The van der Waals surface area contributed by atoms with Crippen molar-refractivity contribution in [3.05, 3.63) is 12.3 Å². The molecule has 1 N–H and O–H groups in total. The summed E-state index contributed by atoms with van der Waals surface area (Å²) < 4.78 is 1.88. The van der Waals surface area contributed by atoms with Gasteiger partial charge in [-0.1, -0.05) is 13.8 Å². The Labute approximate surface area is 104 Å². The number of nitrogens with one attached hydrogen (secondary N) is 1. The second-order valence-corrected chi connectivity index (χ2v) is 5.58. The molecule has 1 saturated heterocycles. The standard InChI is InChI=1S/C13H24N4/c1-10(2)7-12-9-17(11(3)8-14-12)13-5-6-16(4)15-13/h5-6,10-12,14H,7-9H2,1-4H3. The van der Waals surface area contributed by atoms with Gasteiger partial charge in [-0.25, -0.2) is 0 Å². The summed E-state index contributed by atoms with van der Waals surface area (Å²) in [5, 5.41) is 8.14. The lowest BCUT2D eigenvalue weighted by molar-refractivity contribution is 0.354. The normalized spacial score (nSPS) is 25.6. The predicted molar refractivity (Wildman–Crippen MR) is 71.3 cm³/mol. The van der Waals surface area contributed by atoms with Crippen LogP contribution in [-0.4, -0.2) is 35.0 Å². The van der Waals surface area contributed by atoms with E-state index in [1.165, 1.54) is 6.42 Å². The quantitative estimate of drug-likeness (QED) is 0.866. The largest absolute Gasteiger partial charge is 0.350 e. The average molecular weight is 236 g/mol. The zero-order valence-corrected chi connectivity index (χ0v) is 11.3. The zero-order chi connectivity index (χ0) is 12.4. The van der Waals surface area contributed by atoms with E-state index in [4.69, 9.17) is 0 Å². The molecule has 4 heteroatoms. The molecule has 1 aliphatic rings. The van der Waals surface area contributed by atoms with Crippen LogP contribution in [0.4, 0.5) is 5.82 Å². The first kappa shape index (κ1) is 12.4. The first-order chi connectivity index (χ1) is 8.06. The molecular formula is C13H24N4. The van der Waals surface area contributed by atoms with Gasteiger partial charge >= 0.3 is 0 Å². The summed E-state index contributed by atoms with van der Waals surface area (Å²) in [5.74, 6) is 1.85. The van der Waals surface area contributed by atoms with Crippen LogP contribution in [0.15, 0.2) is 12.3 Å². The number of aromatic nitrogens is 2. The van der Waals surface area contributed by atoms with Crippen molar-refractivity contribution >= 4 is 5.82 Å². The first-order valence-electron chi connectivity index (χ1n) is 6.56. The summed E-state index contributed by atoms with van der Waals surface area (Å²) in [4.78, 5) is 2.42. The third-order valence-electron chi connectivity index (χ3n) is 3.40. The van der Waals surface area contributed by atoms with Gasteiger partial charge in [0.1, 0.15) is 0 Å². The molecule has 2 atom stereocenters. The van der Waals surface area contributed by atoms with Crippen molar-refractivity contribution in [1.29, 1.82) is 0 Å². The van der Waals surface area contributed by atoms with Crippen molar-refractivity contribution in [3.8, 4) is 0 Å². The van der Waals surface area contributed by atoms with Crippen molar-refractivity contribution in [2.24, 2.45) is 13.0 Å². The van der Waals surface area contributed by atoms with Gasteiger partial charge in [-0.2, -0.15) is 5.10 Å². The molecule has 2 unspecified atom stereocenters. The molecule has 0 aliphatic carbocycles. The summed E-state index contributed by atoms with van der Waals surface area (Å²) in [7, 11) is 1.97. The Morgan fingerprint density at radius 1 is 1.53 bits per heavy atom. The van der Waals surface area contributed by atoms with Crippen molar-refractivity contribution in [3.63, 3.8) is 0 Å². The molecule has 96 valence electrons. The predicted octanol–water partition coefficient (Wildman–Crippen LogP) is 1.63. The molecule has 17 heavy (non-hydrogen) atoms. The Balaban J connectivity index is 2.04. The number of piperazine rings is 1. The molecule has 0 saturated carbocycles. The minimum atomic E-state index is 0.522. The fourth-order valence-corrected chi connectivity index (χ4v) is 2.53. The maximum atomic E-state index is 4.51. The van der Waals surface area contributed by atoms with E-state index in [9.17, 15) is 0 Å². The summed E-state index contributed by atoms with van der Waals surface area (Å²) >= 11 is 0. The highest BCUT2D eigenvalue weighted by Crippen LogP contribution is 2.19.